The molecule has 2 N–H and O–H groups in total. The lowest BCUT2D eigenvalue weighted by molar-refractivity contribution is 0.0697. The maximum Gasteiger partial charge on any atom is 0.270 e. The lowest BCUT2D eigenvalue weighted by Gasteiger charge is -2.31. The standard InChI is InChI=1S/C13H21N3O/c1-3-16(8-10-5-4-6-10)13(17)12-7-11(14)9-15(12)2/h7,9-10H,3-6,8,14H2,1-2H3. The Bertz CT molecular complexity index is 407. The van der Waals surface area contributed by atoms with Crippen LogP contribution in [0.15, 0.2) is 12.3 Å². The zero-order valence-corrected chi connectivity index (χ0v) is 10.6. The summed E-state index contributed by atoms with van der Waals surface area (Å²) in [5, 5.41) is 0. The van der Waals surface area contributed by atoms with Gasteiger partial charge in [0.1, 0.15) is 5.69 Å². The van der Waals surface area contributed by atoms with E-state index in [9.17, 15) is 4.79 Å². The molecular weight excluding hydrogens is 214 g/mol. The summed E-state index contributed by atoms with van der Waals surface area (Å²) in [5.74, 6) is 0.801. The molecule has 0 saturated heterocycles. The number of hydrogen-bond donors (Lipinski definition) is 1. The van der Waals surface area contributed by atoms with Crippen LogP contribution < -0.4 is 5.73 Å². The van der Waals surface area contributed by atoms with Gasteiger partial charge in [0.05, 0.1) is 5.69 Å². The monoisotopic (exact) mass is 235 g/mol. The van der Waals surface area contributed by atoms with Gasteiger partial charge in [0.25, 0.3) is 5.91 Å². The lowest BCUT2D eigenvalue weighted by Crippen LogP contribution is -2.38. The van der Waals surface area contributed by atoms with Gasteiger partial charge in [-0.2, -0.15) is 0 Å². The minimum atomic E-state index is 0.0959. The molecular formula is C13H21N3O. The highest BCUT2D eigenvalue weighted by atomic mass is 16.2. The molecule has 4 nitrogen and oxygen atoms in total. The van der Waals surface area contributed by atoms with E-state index < -0.39 is 0 Å². The van der Waals surface area contributed by atoms with Gasteiger partial charge in [-0.1, -0.05) is 6.42 Å². The number of nitrogen functional groups attached to an aromatic ring is 1. The van der Waals surface area contributed by atoms with Crippen LogP contribution in [-0.4, -0.2) is 28.5 Å². The molecule has 4 heteroatoms. The summed E-state index contributed by atoms with van der Waals surface area (Å²) in [4.78, 5) is 14.3. The molecule has 1 amide bonds. The molecule has 2 rings (SSSR count). The molecule has 94 valence electrons. The molecule has 1 heterocycles. The molecule has 1 aliphatic carbocycles. The summed E-state index contributed by atoms with van der Waals surface area (Å²) in [5.41, 5.74) is 7.04. The zero-order chi connectivity index (χ0) is 12.4. The molecule has 0 spiro atoms. The van der Waals surface area contributed by atoms with E-state index in [4.69, 9.17) is 5.73 Å². The van der Waals surface area contributed by atoms with Crippen LogP contribution in [-0.2, 0) is 7.05 Å². The van der Waals surface area contributed by atoms with Crippen LogP contribution in [0, 0.1) is 5.92 Å². The van der Waals surface area contributed by atoms with Crippen molar-refractivity contribution in [2.45, 2.75) is 26.2 Å². The fraction of sp³-hybridized carbons (Fsp3) is 0.615. The second-order valence-electron chi connectivity index (χ2n) is 4.91. The van der Waals surface area contributed by atoms with Crippen molar-refractivity contribution in [1.29, 1.82) is 0 Å². The average molecular weight is 235 g/mol. The van der Waals surface area contributed by atoms with E-state index in [1.807, 2.05) is 18.9 Å². The Kier molecular flexibility index (Phi) is 3.41. The minimum absolute atomic E-state index is 0.0959. The molecule has 0 unspecified atom stereocenters. The quantitative estimate of drug-likeness (QED) is 0.866. The first-order chi connectivity index (χ1) is 8.11. The Labute approximate surface area is 102 Å². The van der Waals surface area contributed by atoms with E-state index in [2.05, 4.69) is 0 Å². The van der Waals surface area contributed by atoms with Crippen LogP contribution in [0.2, 0.25) is 0 Å². The fourth-order valence-corrected chi connectivity index (χ4v) is 2.31. The zero-order valence-electron chi connectivity index (χ0n) is 10.6. The van der Waals surface area contributed by atoms with Crippen LogP contribution in [0.5, 0.6) is 0 Å². The van der Waals surface area contributed by atoms with Crippen LogP contribution in [0.25, 0.3) is 0 Å². The third kappa shape index (κ3) is 2.46. The second kappa shape index (κ2) is 4.82. The summed E-state index contributed by atoms with van der Waals surface area (Å²) in [6.45, 7) is 3.68. The van der Waals surface area contributed by atoms with Gasteiger partial charge in [-0.05, 0) is 31.7 Å². The van der Waals surface area contributed by atoms with Crippen molar-refractivity contribution < 1.29 is 4.79 Å². The number of nitrogens with zero attached hydrogens (tertiary/aromatic N) is 2. The normalized spacial score (nSPS) is 15.6. The van der Waals surface area contributed by atoms with Crippen molar-refractivity contribution in [3.05, 3.63) is 18.0 Å². The number of hydrogen-bond acceptors (Lipinski definition) is 2. The maximum absolute atomic E-state index is 12.3. The molecule has 1 aromatic heterocycles. The van der Waals surface area contributed by atoms with E-state index in [0.717, 1.165) is 13.1 Å². The predicted molar refractivity (Wildman–Crippen MR) is 68.7 cm³/mol. The number of carbonyl (C=O) groups excluding carboxylic acids is 1. The van der Waals surface area contributed by atoms with Crippen molar-refractivity contribution in [2.75, 3.05) is 18.8 Å². The molecule has 1 saturated carbocycles. The molecule has 1 aromatic rings. The first-order valence-electron chi connectivity index (χ1n) is 6.33. The third-order valence-electron chi connectivity index (χ3n) is 3.62. The maximum atomic E-state index is 12.3. The number of aryl methyl sites for hydroxylation is 1. The average Bonchev–Trinajstić information content (AvgIpc) is 2.56. The predicted octanol–water partition coefficient (Wildman–Crippen LogP) is 1.87. The number of nitrogens with two attached hydrogens (primary N) is 1. The summed E-state index contributed by atoms with van der Waals surface area (Å²) >= 11 is 0. The Morgan fingerprint density at radius 3 is 2.71 bits per heavy atom. The number of carbonyl (C=O) groups is 1. The van der Waals surface area contributed by atoms with Crippen LogP contribution in [0.1, 0.15) is 36.7 Å². The molecule has 0 aromatic carbocycles. The van der Waals surface area contributed by atoms with Crippen molar-refractivity contribution in [2.24, 2.45) is 13.0 Å². The van der Waals surface area contributed by atoms with E-state index in [1.54, 1.807) is 16.8 Å². The second-order valence-corrected chi connectivity index (χ2v) is 4.91. The number of aromatic nitrogens is 1. The Morgan fingerprint density at radius 2 is 2.29 bits per heavy atom. The van der Waals surface area contributed by atoms with Gasteiger partial charge in [0, 0.05) is 26.3 Å². The molecule has 1 aliphatic rings. The molecule has 0 bridgehead atoms. The van der Waals surface area contributed by atoms with Crippen LogP contribution in [0.3, 0.4) is 0 Å². The van der Waals surface area contributed by atoms with Crippen molar-refractivity contribution in [1.82, 2.24) is 9.47 Å². The molecule has 0 aliphatic heterocycles. The lowest BCUT2D eigenvalue weighted by atomic mass is 9.85. The summed E-state index contributed by atoms with van der Waals surface area (Å²) in [6.07, 6.45) is 5.62. The smallest absolute Gasteiger partial charge is 0.270 e. The van der Waals surface area contributed by atoms with Gasteiger partial charge in [-0.3, -0.25) is 4.79 Å². The Balaban J connectivity index is 2.07. The summed E-state index contributed by atoms with van der Waals surface area (Å²) in [7, 11) is 1.86. The minimum Gasteiger partial charge on any atom is -0.397 e. The Morgan fingerprint density at radius 1 is 1.59 bits per heavy atom. The largest absolute Gasteiger partial charge is 0.397 e. The first kappa shape index (κ1) is 12.0. The van der Waals surface area contributed by atoms with Crippen molar-refractivity contribution >= 4 is 11.6 Å². The van der Waals surface area contributed by atoms with Crippen molar-refractivity contribution in [3.63, 3.8) is 0 Å². The van der Waals surface area contributed by atoms with Gasteiger partial charge in [-0.15, -0.1) is 0 Å². The van der Waals surface area contributed by atoms with E-state index in [1.165, 1.54) is 19.3 Å². The number of rotatable bonds is 4. The molecule has 0 atom stereocenters. The summed E-state index contributed by atoms with van der Waals surface area (Å²) < 4.78 is 1.81. The van der Waals surface area contributed by atoms with Crippen LogP contribution in [0.4, 0.5) is 5.69 Å². The van der Waals surface area contributed by atoms with Gasteiger partial charge in [0.2, 0.25) is 0 Å². The molecule has 17 heavy (non-hydrogen) atoms. The topological polar surface area (TPSA) is 51.3 Å². The highest BCUT2D eigenvalue weighted by Gasteiger charge is 2.24. The number of anilines is 1. The van der Waals surface area contributed by atoms with Gasteiger partial charge in [0.15, 0.2) is 0 Å². The SMILES string of the molecule is CCN(CC1CCC1)C(=O)c1cc(N)cn1C. The van der Waals surface area contributed by atoms with Gasteiger partial charge < -0.3 is 15.2 Å². The van der Waals surface area contributed by atoms with Crippen molar-refractivity contribution in [3.8, 4) is 0 Å². The van der Waals surface area contributed by atoms with E-state index in [-0.39, 0.29) is 5.91 Å². The summed E-state index contributed by atoms with van der Waals surface area (Å²) in [6, 6.07) is 1.76. The Hall–Kier alpha value is -1.45. The molecule has 0 radical (unpaired) electrons. The van der Waals surface area contributed by atoms with Gasteiger partial charge in [-0.25, -0.2) is 0 Å². The van der Waals surface area contributed by atoms with E-state index in [0.29, 0.717) is 17.3 Å². The third-order valence-corrected chi connectivity index (χ3v) is 3.62. The molecule has 1 fully saturated rings. The van der Waals surface area contributed by atoms with Gasteiger partial charge >= 0.3 is 0 Å². The fourth-order valence-electron chi connectivity index (χ4n) is 2.31. The number of amides is 1. The highest BCUT2D eigenvalue weighted by Crippen LogP contribution is 2.27. The first-order valence-corrected chi connectivity index (χ1v) is 6.33. The van der Waals surface area contributed by atoms with E-state index >= 15 is 0 Å². The highest BCUT2D eigenvalue weighted by molar-refractivity contribution is 5.93. The van der Waals surface area contributed by atoms with Crippen LogP contribution >= 0.6 is 0 Å².